The molecule has 4 nitrogen and oxygen atoms in total. The smallest absolute Gasteiger partial charge is 0.322 e. The molecule has 2 N–H and O–H groups in total. The van der Waals surface area contributed by atoms with E-state index in [9.17, 15) is 9.90 Å². The number of phenolic OH excluding ortho intramolecular Hbond substituents is 1. The Morgan fingerprint density at radius 3 is 2.81 bits per heavy atom. The summed E-state index contributed by atoms with van der Waals surface area (Å²) in [5.41, 5.74) is 0.811. The van der Waals surface area contributed by atoms with Gasteiger partial charge in [0.2, 0.25) is 0 Å². The Kier molecular flexibility index (Phi) is 1.87. The van der Waals surface area contributed by atoms with Crippen molar-refractivity contribution in [1.29, 1.82) is 0 Å². The Morgan fingerprint density at radius 1 is 1.31 bits per heavy atom. The third kappa shape index (κ3) is 1.33. The lowest BCUT2D eigenvalue weighted by Gasteiger charge is -2.36. The van der Waals surface area contributed by atoms with Crippen molar-refractivity contribution >= 4 is 11.7 Å². The Hall–Kier alpha value is -1.71. The first-order chi connectivity index (χ1) is 7.71. The second-order valence-electron chi connectivity index (χ2n) is 4.56. The van der Waals surface area contributed by atoms with E-state index < -0.39 is 0 Å². The number of aromatic hydroxyl groups is 1. The number of nitrogens with one attached hydrogen (secondary N) is 1. The number of carbonyl (C=O) groups is 1. The number of phenols is 1. The summed E-state index contributed by atoms with van der Waals surface area (Å²) in [5, 5.41) is 12.3. The van der Waals surface area contributed by atoms with Crippen molar-refractivity contribution in [1.82, 2.24) is 5.32 Å². The molecule has 1 spiro atoms. The second kappa shape index (κ2) is 3.14. The summed E-state index contributed by atoms with van der Waals surface area (Å²) >= 11 is 0. The van der Waals surface area contributed by atoms with E-state index in [4.69, 9.17) is 0 Å². The molecule has 4 heteroatoms. The lowest BCUT2D eigenvalue weighted by atomic mass is 10.1. The average Bonchev–Trinajstić information content (AvgIpc) is 2.98. The number of anilines is 1. The highest BCUT2D eigenvalue weighted by Crippen LogP contribution is 2.48. The number of urea groups is 1. The molecule has 1 aromatic rings. The van der Waals surface area contributed by atoms with E-state index in [0.29, 0.717) is 0 Å². The molecule has 3 rings (SSSR count). The fraction of sp³-hybridized carbons (Fsp3) is 0.417. The molecule has 1 heterocycles. The fourth-order valence-electron chi connectivity index (χ4n) is 2.45. The van der Waals surface area contributed by atoms with Crippen molar-refractivity contribution in [3.8, 4) is 5.75 Å². The molecule has 0 bridgehead atoms. The van der Waals surface area contributed by atoms with E-state index in [-0.39, 0.29) is 17.3 Å². The van der Waals surface area contributed by atoms with E-state index in [2.05, 4.69) is 5.32 Å². The maximum atomic E-state index is 11.9. The van der Waals surface area contributed by atoms with Gasteiger partial charge in [-0.1, -0.05) is 6.07 Å². The minimum Gasteiger partial charge on any atom is -0.508 e. The zero-order valence-corrected chi connectivity index (χ0v) is 8.94. The monoisotopic (exact) mass is 218 g/mol. The number of nitrogens with zero attached hydrogens (tertiary/aromatic N) is 1. The van der Waals surface area contributed by atoms with Crippen LogP contribution in [0, 0.1) is 0 Å². The summed E-state index contributed by atoms with van der Waals surface area (Å²) in [4.78, 5) is 13.7. The van der Waals surface area contributed by atoms with Gasteiger partial charge in [0.05, 0.1) is 5.54 Å². The largest absolute Gasteiger partial charge is 0.508 e. The Balaban J connectivity index is 2.00. The van der Waals surface area contributed by atoms with Crippen LogP contribution in [-0.2, 0) is 0 Å². The second-order valence-corrected chi connectivity index (χ2v) is 4.56. The maximum absolute atomic E-state index is 11.9. The SMILES string of the molecule is O=C1NCCC2(CC2)N1c1cccc(O)c1. The molecule has 84 valence electrons. The van der Waals surface area contributed by atoms with Gasteiger partial charge in [-0.2, -0.15) is 0 Å². The molecule has 2 aliphatic rings. The number of hydrogen-bond acceptors (Lipinski definition) is 2. The van der Waals surface area contributed by atoms with Crippen molar-refractivity contribution in [2.24, 2.45) is 0 Å². The fourth-order valence-corrected chi connectivity index (χ4v) is 2.45. The summed E-state index contributed by atoms with van der Waals surface area (Å²) in [7, 11) is 0. The Labute approximate surface area is 93.9 Å². The summed E-state index contributed by atoms with van der Waals surface area (Å²) in [5.74, 6) is 0.201. The van der Waals surface area contributed by atoms with Crippen molar-refractivity contribution in [2.75, 3.05) is 11.4 Å². The van der Waals surface area contributed by atoms with Crippen LogP contribution >= 0.6 is 0 Å². The van der Waals surface area contributed by atoms with Gasteiger partial charge in [0.25, 0.3) is 0 Å². The minimum absolute atomic E-state index is 0.0239. The molecule has 0 aromatic heterocycles. The standard InChI is InChI=1S/C12H14N2O2/c15-10-3-1-2-9(8-10)14-11(16)13-7-6-12(14)4-5-12/h1-3,8,15H,4-7H2,(H,13,16). The van der Waals surface area contributed by atoms with Crippen LogP contribution in [0.1, 0.15) is 19.3 Å². The molecule has 0 unspecified atom stereocenters. The van der Waals surface area contributed by atoms with Gasteiger partial charge in [-0.05, 0) is 31.4 Å². The molecule has 0 atom stereocenters. The Morgan fingerprint density at radius 2 is 2.12 bits per heavy atom. The van der Waals surface area contributed by atoms with Crippen LogP contribution in [-0.4, -0.2) is 23.2 Å². The van der Waals surface area contributed by atoms with E-state index in [0.717, 1.165) is 31.5 Å². The predicted molar refractivity (Wildman–Crippen MR) is 60.6 cm³/mol. The van der Waals surface area contributed by atoms with Gasteiger partial charge in [-0.25, -0.2) is 4.79 Å². The van der Waals surface area contributed by atoms with Crippen LogP contribution in [0.2, 0.25) is 0 Å². The van der Waals surface area contributed by atoms with E-state index in [1.165, 1.54) is 0 Å². The normalized spacial score (nSPS) is 22.0. The molecule has 0 radical (unpaired) electrons. The van der Waals surface area contributed by atoms with Crippen LogP contribution in [0.15, 0.2) is 24.3 Å². The van der Waals surface area contributed by atoms with Gasteiger partial charge >= 0.3 is 6.03 Å². The van der Waals surface area contributed by atoms with E-state index in [1.807, 2.05) is 6.07 Å². The van der Waals surface area contributed by atoms with Gasteiger partial charge in [0, 0.05) is 18.3 Å². The molecule has 2 fully saturated rings. The quantitative estimate of drug-likeness (QED) is 0.755. The molecule has 1 saturated heterocycles. The zero-order chi connectivity index (χ0) is 11.2. The highest BCUT2D eigenvalue weighted by atomic mass is 16.3. The molecular formula is C12H14N2O2. The third-order valence-corrected chi connectivity index (χ3v) is 3.46. The Bertz CT molecular complexity index is 440. The molecule has 1 aliphatic heterocycles. The topological polar surface area (TPSA) is 52.6 Å². The first kappa shape index (κ1) is 9.51. The van der Waals surface area contributed by atoms with Crippen molar-refractivity contribution in [3.05, 3.63) is 24.3 Å². The molecule has 1 saturated carbocycles. The van der Waals surface area contributed by atoms with E-state index >= 15 is 0 Å². The van der Waals surface area contributed by atoms with Crippen molar-refractivity contribution in [2.45, 2.75) is 24.8 Å². The number of benzene rings is 1. The number of rotatable bonds is 1. The summed E-state index contributed by atoms with van der Waals surface area (Å²) in [6.45, 7) is 0.758. The molecular weight excluding hydrogens is 204 g/mol. The van der Waals surface area contributed by atoms with Crippen LogP contribution < -0.4 is 10.2 Å². The highest BCUT2D eigenvalue weighted by Gasteiger charge is 2.52. The van der Waals surface area contributed by atoms with Gasteiger partial charge in [-0.15, -0.1) is 0 Å². The van der Waals surface area contributed by atoms with Crippen LogP contribution in [0.5, 0.6) is 5.75 Å². The first-order valence-corrected chi connectivity index (χ1v) is 5.58. The zero-order valence-electron chi connectivity index (χ0n) is 8.94. The third-order valence-electron chi connectivity index (χ3n) is 3.46. The lowest BCUT2D eigenvalue weighted by Crippen LogP contribution is -2.54. The van der Waals surface area contributed by atoms with Crippen molar-refractivity contribution < 1.29 is 9.90 Å². The molecule has 16 heavy (non-hydrogen) atoms. The van der Waals surface area contributed by atoms with Gasteiger partial charge < -0.3 is 10.4 Å². The molecule has 1 aromatic carbocycles. The van der Waals surface area contributed by atoms with E-state index in [1.54, 1.807) is 23.1 Å². The van der Waals surface area contributed by atoms with Gasteiger partial charge in [0.15, 0.2) is 0 Å². The summed E-state index contributed by atoms with van der Waals surface area (Å²) in [6.07, 6.45) is 3.13. The van der Waals surface area contributed by atoms with Crippen LogP contribution in [0.25, 0.3) is 0 Å². The predicted octanol–water partition coefficient (Wildman–Crippen LogP) is 1.84. The molecule has 2 amide bonds. The molecule has 1 aliphatic carbocycles. The van der Waals surface area contributed by atoms with Crippen LogP contribution in [0.3, 0.4) is 0 Å². The lowest BCUT2D eigenvalue weighted by molar-refractivity contribution is 0.236. The van der Waals surface area contributed by atoms with Crippen LogP contribution in [0.4, 0.5) is 10.5 Å². The average molecular weight is 218 g/mol. The highest BCUT2D eigenvalue weighted by molar-refractivity contribution is 5.95. The summed E-state index contributed by atoms with van der Waals surface area (Å²) < 4.78 is 0. The maximum Gasteiger partial charge on any atom is 0.322 e. The first-order valence-electron chi connectivity index (χ1n) is 5.58. The number of amides is 2. The number of carbonyl (C=O) groups excluding carboxylic acids is 1. The van der Waals surface area contributed by atoms with Crippen molar-refractivity contribution in [3.63, 3.8) is 0 Å². The van der Waals surface area contributed by atoms with Gasteiger partial charge in [0.1, 0.15) is 5.75 Å². The number of hydrogen-bond donors (Lipinski definition) is 2. The minimum atomic E-state index is -0.0469. The summed E-state index contributed by atoms with van der Waals surface area (Å²) in [6, 6.07) is 6.85. The van der Waals surface area contributed by atoms with Gasteiger partial charge in [-0.3, -0.25) is 4.90 Å².